The fourth-order valence-electron chi connectivity index (χ4n) is 2.11. The van der Waals surface area contributed by atoms with Crippen molar-refractivity contribution in [1.82, 2.24) is 9.97 Å². The van der Waals surface area contributed by atoms with E-state index in [2.05, 4.69) is 35.9 Å². The standard InChI is InChI=1S/C14H14N2OS/c1-14(2)8-10-7-11(3-4-12(10)17-14)18-13-5-6-15-9-16-13/h3-7,9H,8H2,1-2H3. The largest absolute Gasteiger partial charge is 0.487 e. The van der Waals surface area contributed by atoms with E-state index in [1.165, 1.54) is 10.5 Å². The second-order valence-corrected chi connectivity index (χ2v) is 6.05. The van der Waals surface area contributed by atoms with E-state index in [0.29, 0.717) is 0 Å². The lowest BCUT2D eigenvalue weighted by atomic mass is 10.0. The van der Waals surface area contributed by atoms with Gasteiger partial charge < -0.3 is 4.74 Å². The van der Waals surface area contributed by atoms with Crippen molar-refractivity contribution in [2.75, 3.05) is 0 Å². The summed E-state index contributed by atoms with van der Waals surface area (Å²) in [7, 11) is 0. The molecule has 0 saturated heterocycles. The van der Waals surface area contributed by atoms with E-state index in [-0.39, 0.29) is 5.60 Å². The molecule has 3 nitrogen and oxygen atoms in total. The third-order valence-electron chi connectivity index (χ3n) is 2.81. The fraction of sp³-hybridized carbons (Fsp3) is 0.286. The first-order valence-electron chi connectivity index (χ1n) is 5.88. The van der Waals surface area contributed by atoms with Crippen molar-refractivity contribution in [3.05, 3.63) is 42.4 Å². The summed E-state index contributed by atoms with van der Waals surface area (Å²) in [6.45, 7) is 4.23. The molecule has 1 aliphatic rings. The third kappa shape index (κ3) is 2.34. The quantitative estimate of drug-likeness (QED) is 0.774. The number of hydrogen-bond donors (Lipinski definition) is 0. The van der Waals surface area contributed by atoms with Crippen molar-refractivity contribution >= 4 is 11.8 Å². The molecule has 4 heteroatoms. The molecular formula is C14H14N2OS. The van der Waals surface area contributed by atoms with Gasteiger partial charge in [0.25, 0.3) is 0 Å². The molecule has 1 aromatic heterocycles. The lowest BCUT2D eigenvalue weighted by Crippen LogP contribution is -2.24. The molecule has 0 unspecified atom stereocenters. The Morgan fingerprint density at radius 2 is 2.17 bits per heavy atom. The SMILES string of the molecule is CC1(C)Cc2cc(Sc3ccncn3)ccc2O1. The van der Waals surface area contributed by atoms with Crippen LogP contribution in [0.5, 0.6) is 5.75 Å². The Morgan fingerprint density at radius 1 is 1.28 bits per heavy atom. The average Bonchev–Trinajstić information content (AvgIpc) is 2.63. The van der Waals surface area contributed by atoms with E-state index in [1.54, 1.807) is 24.3 Å². The van der Waals surface area contributed by atoms with Gasteiger partial charge in [-0.15, -0.1) is 0 Å². The van der Waals surface area contributed by atoms with Crippen LogP contribution in [-0.2, 0) is 6.42 Å². The van der Waals surface area contributed by atoms with Gasteiger partial charge in [0.15, 0.2) is 0 Å². The van der Waals surface area contributed by atoms with Crippen LogP contribution < -0.4 is 4.74 Å². The summed E-state index contributed by atoms with van der Waals surface area (Å²) >= 11 is 1.65. The van der Waals surface area contributed by atoms with Gasteiger partial charge in [-0.2, -0.15) is 0 Å². The van der Waals surface area contributed by atoms with Crippen LogP contribution >= 0.6 is 11.8 Å². The Labute approximate surface area is 111 Å². The molecule has 0 saturated carbocycles. The second kappa shape index (κ2) is 4.28. The molecule has 0 amide bonds. The van der Waals surface area contributed by atoms with Crippen LogP contribution in [0.4, 0.5) is 0 Å². The van der Waals surface area contributed by atoms with Crippen LogP contribution in [-0.4, -0.2) is 15.6 Å². The summed E-state index contributed by atoms with van der Waals surface area (Å²) in [6, 6.07) is 8.23. The first kappa shape index (κ1) is 11.5. The highest BCUT2D eigenvalue weighted by Crippen LogP contribution is 2.38. The predicted octanol–water partition coefficient (Wildman–Crippen LogP) is 3.34. The zero-order valence-electron chi connectivity index (χ0n) is 10.4. The van der Waals surface area contributed by atoms with Gasteiger partial charge in [0, 0.05) is 17.5 Å². The van der Waals surface area contributed by atoms with E-state index < -0.39 is 0 Å². The van der Waals surface area contributed by atoms with Crippen LogP contribution in [0.25, 0.3) is 0 Å². The topological polar surface area (TPSA) is 35.0 Å². The molecule has 2 heterocycles. The molecule has 92 valence electrons. The molecule has 3 rings (SSSR count). The predicted molar refractivity (Wildman–Crippen MR) is 71.0 cm³/mol. The second-order valence-electron chi connectivity index (χ2n) is 4.96. The Kier molecular flexibility index (Phi) is 2.74. The van der Waals surface area contributed by atoms with Crippen molar-refractivity contribution in [2.45, 2.75) is 35.8 Å². The van der Waals surface area contributed by atoms with Crippen molar-refractivity contribution < 1.29 is 4.74 Å². The number of benzene rings is 1. The van der Waals surface area contributed by atoms with Crippen molar-refractivity contribution in [2.24, 2.45) is 0 Å². The van der Waals surface area contributed by atoms with E-state index in [1.807, 2.05) is 12.1 Å². The van der Waals surface area contributed by atoms with Gasteiger partial charge >= 0.3 is 0 Å². The van der Waals surface area contributed by atoms with Gasteiger partial charge in [0.2, 0.25) is 0 Å². The normalized spacial score (nSPS) is 16.1. The Balaban J connectivity index is 1.85. The third-order valence-corrected chi connectivity index (χ3v) is 3.75. The lowest BCUT2D eigenvalue weighted by Gasteiger charge is -2.16. The number of aromatic nitrogens is 2. The minimum absolute atomic E-state index is 0.0828. The number of rotatable bonds is 2. The van der Waals surface area contributed by atoms with E-state index in [9.17, 15) is 0 Å². The smallest absolute Gasteiger partial charge is 0.123 e. The number of hydrogen-bond acceptors (Lipinski definition) is 4. The molecule has 0 radical (unpaired) electrons. The zero-order valence-corrected chi connectivity index (χ0v) is 11.2. The highest BCUT2D eigenvalue weighted by Gasteiger charge is 2.29. The minimum Gasteiger partial charge on any atom is -0.487 e. The van der Waals surface area contributed by atoms with Crippen LogP contribution in [0.1, 0.15) is 19.4 Å². The van der Waals surface area contributed by atoms with Crippen LogP contribution in [0.2, 0.25) is 0 Å². The monoisotopic (exact) mass is 258 g/mol. The summed E-state index contributed by atoms with van der Waals surface area (Å²) in [5.74, 6) is 1.01. The molecule has 2 aromatic rings. The first-order valence-corrected chi connectivity index (χ1v) is 6.70. The molecule has 1 aromatic carbocycles. The molecule has 18 heavy (non-hydrogen) atoms. The highest BCUT2D eigenvalue weighted by atomic mass is 32.2. The molecule has 0 N–H and O–H groups in total. The van der Waals surface area contributed by atoms with E-state index in [0.717, 1.165) is 17.2 Å². The average molecular weight is 258 g/mol. The van der Waals surface area contributed by atoms with Crippen LogP contribution in [0, 0.1) is 0 Å². The van der Waals surface area contributed by atoms with Gasteiger partial charge in [-0.25, -0.2) is 9.97 Å². The molecule has 0 aliphatic carbocycles. The molecule has 0 spiro atoms. The van der Waals surface area contributed by atoms with Gasteiger partial charge in [-0.3, -0.25) is 0 Å². The molecule has 0 fully saturated rings. The molecule has 0 bridgehead atoms. The first-order chi connectivity index (χ1) is 8.62. The van der Waals surface area contributed by atoms with Crippen molar-refractivity contribution in [3.8, 4) is 5.75 Å². The van der Waals surface area contributed by atoms with Gasteiger partial charge in [-0.1, -0.05) is 11.8 Å². The lowest BCUT2D eigenvalue weighted by molar-refractivity contribution is 0.138. The van der Waals surface area contributed by atoms with Crippen molar-refractivity contribution in [1.29, 1.82) is 0 Å². The summed E-state index contributed by atoms with van der Waals surface area (Å²) in [4.78, 5) is 9.32. The summed E-state index contributed by atoms with van der Waals surface area (Å²) in [6.07, 6.45) is 4.29. The Bertz CT molecular complexity index is 569. The summed E-state index contributed by atoms with van der Waals surface area (Å²) in [5.41, 5.74) is 1.19. The van der Waals surface area contributed by atoms with E-state index in [4.69, 9.17) is 4.74 Å². The van der Waals surface area contributed by atoms with Gasteiger partial charge in [-0.05, 0) is 43.7 Å². The maximum absolute atomic E-state index is 5.86. The zero-order chi connectivity index (χ0) is 12.6. The van der Waals surface area contributed by atoms with Gasteiger partial charge in [0.1, 0.15) is 22.7 Å². The van der Waals surface area contributed by atoms with E-state index >= 15 is 0 Å². The Morgan fingerprint density at radius 3 is 2.94 bits per heavy atom. The summed E-state index contributed by atoms with van der Waals surface area (Å²) < 4.78 is 5.86. The van der Waals surface area contributed by atoms with Crippen LogP contribution in [0.3, 0.4) is 0 Å². The maximum Gasteiger partial charge on any atom is 0.123 e. The van der Waals surface area contributed by atoms with Crippen molar-refractivity contribution in [3.63, 3.8) is 0 Å². The maximum atomic E-state index is 5.86. The molecule has 0 atom stereocenters. The minimum atomic E-state index is -0.0828. The molecular weight excluding hydrogens is 244 g/mol. The fourth-order valence-corrected chi connectivity index (χ4v) is 2.92. The summed E-state index contributed by atoms with van der Waals surface area (Å²) in [5, 5.41) is 0.961. The number of fused-ring (bicyclic) bond motifs is 1. The molecule has 1 aliphatic heterocycles. The highest BCUT2D eigenvalue weighted by molar-refractivity contribution is 7.99. The number of nitrogens with zero attached hydrogens (tertiary/aromatic N) is 2. The van der Waals surface area contributed by atoms with Crippen LogP contribution in [0.15, 0.2) is 46.7 Å². The van der Waals surface area contributed by atoms with Gasteiger partial charge in [0.05, 0.1) is 0 Å². The Hall–Kier alpha value is -1.55. The number of ether oxygens (including phenoxy) is 1.